The summed E-state index contributed by atoms with van der Waals surface area (Å²) in [7, 11) is 0. The summed E-state index contributed by atoms with van der Waals surface area (Å²) in [6.45, 7) is 5.97. The molecule has 0 unspecified atom stereocenters. The summed E-state index contributed by atoms with van der Waals surface area (Å²) < 4.78 is 11.5. The van der Waals surface area contributed by atoms with Crippen molar-refractivity contribution in [1.82, 2.24) is 4.98 Å². The fourth-order valence-electron chi connectivity index (χ4n) is 2.30. The zero-order valence-corrected chi connectivity index (χ0v) is 12.4. The number of ether oxygens (including phenoxy) is 1. The van der Waals surface area contributed by atoms with Gasteiger partial charge in [-0.1, -0.05) is 0 Å². The van der Waals surface area contributed by atoms with Crippen LogP contribution in [0.1, 0.15) is 19.4 Å². The van der Waals surface area contributed by atoms with E-state index in [-0.39, 0.29) is 6.10 Å². The molecule has 21 heavy (non-hydrogen) atoms. The van der Waals surface area contributed by atoms with Crippen LogP contribution in [0.25, 0.3) is 22.6 Å². The quantitative estimate of drug-likeness (QED) is 0.732. The van der Waals surface area contributed by atoms with Crippen LogP contribution in [0.15, 0.2) is 40.8 Å². The van der Waals surface area contributed by atoms with E-state index in [2.05, 4.69) is 4.98 Å². The molecular weight excluding hydrogens is 264 g/mol. The Morgan fingerprint density at radius 1 is 1.14 bits per heavy atom. The van der Waals surface area contributed by atoms with Crippen molar-refractivity contribution in [3.8, 4) is 17.2 Å². The molecule has 1 aromatic heterocycles. The third-order valence-corrected chi connectivity index (χ3v) is 3.17. The Labute approximate surface area is 123 Å². The highest BCUT2D eigenvalue weighted by Crippen LogP contribution is 2.29. The third kappa shape index (κ3) is 2.70. The largest absolute Gasteiger partial charge is 0.491 e. The fraction of sp³-hybridized carbons (Fsp3) is 0.235. The van der Waals surface area contributed by atoms with Crippen molar-refractivity contribution < 1.29 is 9.15 Å². The highest BCUT2D eigenvalue weighted by molar-refractivity contribution is 5.82. The number of nitrogens with zero attached hydrogens (tertiary/aromatic N) is 1. The molecule has 0 radical (unpaired) electrons. The molecule has 4 heteroatoms. The Kier molecular flexibility index (Phi) is 3.29. The van der Waals surface area contributed by atoms with Gasteiger partial charge in [-0.15, -0.1) is 0 Å². The topological polar surface area (TPSA) is 61.3 Å². The van der Waals surface area contributed by atoms with E-state index < -0.39 is 0 Å². The molecule has 0 bridgehead atoms. The lowest BCUT2D eigenvalue weighted by molar-refractivity contribution is 0.242. The summed E-state index contributed by atoms with van der Waals surface area (Å²) in [5, 5.41) is 0. The van der Waals surface area contributed by atoms with Gasteiger partial charge in [0, 0.05) is 11.3 Å². The maximum atomic E-state index is 5.85. The van der Waals surface area contributed by atoms with Crippen LogP contribution in [0.3, 0.4) is 0 Å². The van der Waals surface area contributed by atoms with Gasteiger partial charge in [-0.2, -0.15) is 0 Å². The predicted molar refractivity (Wildman–Crippen MR) is 84.4 cm³/mol. The molecule has 0 aliphatic carbocycles. The second kappa shape index (κ2) is 5.13. The first-order chi connectivity index (χ1) is 10.0. The molecule has 4 nitrogen and oxygen atoms in total. The first-order valence-corrected chi connectivity index (χ1v) is 6.96. The van der Waals surface area contributed by atoms with E-state index in [1.807, 2.05) is 57.2 Å². The van der Waals surface area contributed by atoms with E-state index in [1.165, 1.54) is 0 Å². The Balaban J connectivity index is 1.98. The third-order valence-electron chi connectivity index (χ3n) is 3.17. The number of hydrogen-bond acceptors (Lipinski definition) is 4. The maximum Gasteiger partial charge on any atom is 0.227 e. The van der Waals surface area contributed by atoms with E-state index in [9.17, 15) is 0 Å². The van der Waals surface area contributed by atoms with Crippen molar-refractivity contribution >= 4 is 16.8 Å². The van der Waals surface area contributed by atoms with Crippen LogP contribution in [0.2, 0.25) is 0 Å². The minimum absolute atomic E-state index is 0.158. The number of aryl methyl sites for hydroxylation is 1. The van der Waals surface area contributed by atoms with Gasteiger partial charge in [0.2, 0.25) is 5.89 Å². The first kappa shape index (κ1) is 13.5. The summed E-state index contributed by atoms with van der Waals surface area (Å²) >= 11 is 0. The first-order valence-electron chi connectivity index (χ1n) is 6.96. The minimum Gasteiger partial charge on any atom is -0.491 e. The van der Waals surface area contributed by atoms with Crippen molar-refractivity contribution in [2.45, 2.75) is 26.9 Å². The van der Waals surface area contributed by atoms with E-state index in [4.69, 9.17) is 14.9 Å². The van der Waals surface area contributed by atoms with Gasteiger partial charge in [-0.3, -0.25) is 0 Å². The number of aromatic nitrogens is 1. The van der Waals surface area contributed by atoms with Crippen LogP contribution < -0.4 is 10.5 Å². The van der Waals surface area contributed by atoms with Crippen molar-refractivity contribution in [1.29, 1.82) is 0 Å². The molecule has 3 rings (SSSR count). The molecule has 0 amide bonds. The van der Waals surface area contributed by atoms with Crippen LogP contribution >= 0.6 is 0 Å². The monoisotopic (exact) mass is 282 g/mol. The van der Waals surface area contributed by atoms with Crippen molar-refractivity contribution in [3.05, 3.63) is 42.0 Å². The summed E-state index contributed by atoms with van der Waals surface area (Å²) in [5.74, 6) is 1.43. The summed E-state index contributed by atoms with van der Waals surface area (Å²) in [6.07, 6.45) is 0.158. The molecule has 2 aromatic carbocycles. The Morgan fingerprint density at radius 3 is 2.52 bits per heavy atom. The number of benzene rings is 2. The molecule has 0 spiro atoms. The molecule has 0 aliphatic rings. The molecule has 1 heterocycles. The molecule has 0 saturated heterocycles. The number of nitrogens with two attached hydrogens (primary N) is 1. The van der Waals surface area contributed by atoms with Gasteiger partial charge in [0.15, 0.2) is 5.58 Å². The van der Waals surface area contributed by atoms with Crippen molar-refractivity contribution in [3.63, 3.8) is 0 Å². The number of fused-ring (bicyclic) bond motifs is 1. The number of oxazole rings is 1. The summed E-state index contributed by atoms with van der Waals surface area (Å²) in [4.78, 5) is 4.51. The molecule has 3 aromatic rings. The second-order valence-electron chi connectivity index (χ2n) is 5.40. The van der Waals surface area contributed by atoms with Gasteiger partial charge >= 0.3 is 0 Å². The Bertz CT molecular complexity index is 773. The standard InChI is InChI=1S/C17H18N2O2/c1-10(2)20-14-6-4-12(5-7-14)17-19-15-9-13(18)8-11(3)16(15)21-17/h4-10H,18H2,1-3H3. The highest BCUT2D eigenvalue weighted by Gasteiger charge is 2.11. The van der Waals surface area contributed by atoms with E-state index in [0.29, 0.717) is 11.6 Å². The Morgan fingerprint density at radius 2 is 1.86 bits per heavy atom. The van der Waals surface area contributed by atoms with Crippen molar-refractivity contribution in [2.75, 3.05) is 5.73 Å². The smallest absolute Gasteiger partial charge is 0.227 e. The van der Waals surface area contributed by atoms with Gasteiger partial charge in [0.25, 0.3) is 0 Å². The molecule has 0 fully saturated rings. The molecule has 0 aliphatic heterocycles. The molecule has 0 atom stereocenters. The fourth-order valence-corrected chi connectivity index (χ4v) is 2.30. The minimum atomic E-state index is 0.158. The lowest BCUT2D eigenvalue weighted by Crippen LogP contribution is -2.05. The molecular formula is C17H18N2O2. The number of rotatable bonds is 3. The lowest BCUT2D eigenvalue weighted by atomic mass is 10.2. The number of anilines is 1. The van der Waals surface area contributed by atoms with Crippen LogP contribution in [-0.2, 0) is 0 Å². The predicted octanol–water partition coefficient (Wildman–Crippen LogP) is 4.17. The summed E-state index contributed by atoms with van der Waals surface area (Å²) in [6, 6.07) is 11.4. The van der Waals surface area contributed by atoms with Gasteiger partial charge in [0.1, 0.15) is 11.3 Å². The molecule has 2 N–H and O–H groups in total. The summed E-state index contributed by atoms with van der Waals surface area (Å²) in [5.41, 5.74) is 10.0. The second-order valence-corrected chi connectivity index (χ2v) is 5.40. The van der Waals surface area contributed by atoms with Gasteiger partial charge in [0.05, 0.1) is 6.10 Å². The van der Waals surface area contributed by atoms with Gasteiger partial charge in [-0.05, 0) is 62.7 Å². The van der Waals surface area contributed by atoms with Crippen molar-refractivity contribution in [2.24, 2.45) is 0 Å². The lowest BCUT2D eigenvalue weighted by Gasteiger charge is -2.09. The number of hydrogen-bond donors (Lipinski definition) is 1. The van der Waals surface area contributed by atoms with E-state index in [0.717, 1.165) is 28.0 Å². The van der Waals surface area contributed by atoms with Crippen LogP contribution in [-0.4, -0.2) is 11.1 Å². The van der Waals surface area contributed by atoms with Gasteiger partial charge < -0.3 is 14.9 Å². The normalized spacial score (nSPS) is 11.2. The molecule has 108 valence electrons. The molecule has 0 saturated carbocycles. The maximum absolute atomic E-state index is 5.85. The average Bonchev–Trinajstić information content (AvgIpc) is 2.83. The number of nitrogen functional groups attached to an aromatic ring is 1. The highest BCUT2D eigenvalue weighted by atomic mass is 16.5. The van der Waals surface area contributed by atoms with Crippen LogP contribution in [0, 0.1) is 6.92 Å². The van der Waals surface area contributed by atoms with Crippen LogP contribution in [0.4, 0.5) is 5.69 Å². The van der Waals surface area contributed by atoms with E-state index >= 15 is 0 Å². The zero-order chi connectivity index (χ0) is 15.0. The SMILES string of the molecule is Cc1cc(N)cc2nc(-c3ccc(OC(C)C)cc3)oc12. The van der Waals surface area contributed by atoms with Gasteiger partial charge in [-0.25, -0.2) is 4.98 Å². The average molecular weight is 282 g/mol. The van der Waals surface area contributed by atoms with E-state index in [1.54, 1.807) is 0 Å². The Hall–Kier alpha value is -2.49. The zero-order valence-electron chi connectivity index (χ0n) is 12.4. The van der Waals surface area contributed by atoms with Crippen LogP contribution in [0.5, 0.6) is 5.75 Å².